The van der Waals surface area contributed by atoms with Gasteiger partial charge in [-0.25, -0.2) is 0 Å². The number of aryl methyl sites for hydroxylation is 1. The summed E-state index contributed by atoms with van der Waals surface area (Å²) in [4.78, 5) is 0. The second-order valence-electron chi connectivity index (χ2n) is 5.33. The van der Waals surface area contributed by atoms with Gasteiger partial charge in [0.05, 0.1) is 12.6 Å². The summed E-state index contributed by atoms with van der Waals surface area (Å²) in [6, 6.07) is 12.9. The summed E-state index contributed by atoms with van der Waals surface area (Å²) >= 11 is 7.06. The monoisotopic (exact) mass is 409 g/mol. The van der Waals surface area contributed by atoms with Gasteiger partial charge in [0, 0.05) is 20.2 Å². The summed E-state index contributed by atoms with van der Waals surface area (Å²) in [5.74, 6) is 0.979. The highest BCUT2D eigenvalue weighted by molar-refractivity contribution is 9.10. The smallest absolute Gasteiger partial charge is 0.125 e. The minimum Gasteiger partial charge on any atom is -0.493 e. The van der Waals surface area contributed by atoms with Gasteiger partial charge in [-0.05, 0) is 49.6 Å². The highest BCUT2D eigenvalue weighted by atomic mass is 79.9. The SMILES string of the molecule is Cc1ccc(Br)cc1NC1CCCOc2cc(Br)ccc21. The van der Waals surface area contributed by atoms with Crippen LogP contribution in [0.2, 0.25) is 0 Å². The maximum absolute atomic E-state index is 5.87. The van der Waals surface area contributed by atoms with Gasteiger partial charge in [-0.3, -0.25) is 0 Å². The van der Waals surface area contributed by atoms with Crippen molar-refractivity contribution in [3.63, 3.8) is 0 Å². The molecule has 1 N–H and O–H groups in total. The van der Waals surface area contributed by atoms with Crippen molar-refractivity contribution < 1.29 is 4.74 Å². The molecule has 1 aliphatic heterocycles. The van der Waals surface area contributed by atoms with Crippen molar-refractivity contribution in [1.29, 1.82) is 0 Å². The first kappa shape index (κ1) is 14.9. The fraction of sp³-hybridized carbons (Fsp3) is 0.294. The first-order valence-electron chi connectivity index (χ1n) is 7.08. The Kier molecular flexibility index (Phi) is 4.55. The zero-order valence-corrected chi connectivity index (χ0v) is 15.0. The number of anilines is 1. The number of rotatable bonds is 2. The van der Waals surface area contributed by atoms with E-state index in [4.69, 9.17) is 4.74 Å². The molecule has 4 heteroatoms. The Balaban J connectivity index is 1.94. The average molecular weight is 411 g/mol. The minimum atomic E-state index is 0.281. The predicted molar refractivity (Wildman–Crippen MR) is 94.1 cm³/mol. The van der Waals surface area contributed by atoms with E-state index in [2.05, 4.69) is 80.5 Å². The van der Waals surface area contributed by atoms with E-state index in [0.29, 0.717) is 0 Å². The molecule has 21 heavy (non-hydrogen) atoms. The second kappa shape index (κ2) is 6.41. The summed E-state index contributed by atoms with van der Waals surface area (Å²) < 4.78 is 8.02. The molecule has 0 aromatic heterocycles. The Bertz CT molecular complexity index is 657. The lowest BCUT2D eigenvalue weighted by molar-refractivity contribution is 0.316. The Morgan fingerprint density at radius 2 is 1.86 bits per heavy atom. The molecule has 2 aromatic carbocycles. The van der Waals surface area contributed by atoms with Gasteiger partial charge < -0.3 is 10.1 Å². The van der Waals surface area contributed by atoms with Gasteiger partial charge in [0.25, 0.3) is 0 Å². The van der Waals surface area contributed by atoms with E-state index >= 15 is 0 Å². The number of benzene rings is 2. The summed E-state index contributed by atoms with van der Waals surface area (Å²) in [5, 5.41) is 3.68. The molecule has 0 saturated heterocycles. The first-order chi connectivity index (χ1) is 10.1. The van der Waals surface area contributed by atoms with E-state index in [1.54, 1.807) is 0 Å². The molecule has 0 fully saturated rings. The molecule has 1 heterocycles. The molecule has 1 atom stereocenters. The van der Waals surface area contributed by atoms with Crippen LogP contribution in [-0.2, 0) is 0 Å². The van der Waals surface area contributed by atoms with Crippen LogP contribution in [-0.4, -0.2) is 6.61 Å². The van der Waals surface area contributed by atoms with Gasteiger partial charge in [0.15, 0.2) is 0 Å². The third-order valence-electron chi connectivity index (χ3n) is 3.78. The lowest BCUT2D eigenvalue weighted by atomic mass is 10.0. The molecule has 3 rings (SSSR count). The fourth-order valence-electron chi connectivity index (χ4n) is 2.63. The van der Waals surface area contributed by atoms with Gasteiger partial charge in [-0.2, -0.15) is 0 Å². The highest BCUT2D eigenvalue weighted by Crippen LogP contribution is 2.36. The maximum atomic E-state index is 5.87. The number of halogens is 2. The largest absolute Gasteiger partial charge is 0.493 e. The van der Waals surface area contributed by atoms with Crippen molar-refractivity contribution in [2.24, 2.45) is 0 Å². The number of hydrogen-bond acceptors (Lipinski definition) is 2. The molecule has 0 amide bonds. The van der Waals surface area contributed by atoms with E-state index in [0.717, 1.165) is 34.1 Å². The summed E-state index contributed by atoms with van der Waals surface area (Å²) in [7, 11) is 0. The van der Waals surface area contributed by atoms with Gasteiger partial charge in [-0.1, -0.05) is 44.0 Å². The van der Waals surface area contributed by atoms with E-state index in [1.165, 1.54) is 16.8 Å². The van der Waals surface area contributed by atoms with Crippen molar-refractivity contribution in [3.05, 3.63) is 56.5 Å². The molecule has 1 aliphatic rings. The fourth-order valence-corrected chi connectivity index (χ4v) is 3.33. The van der Waals surface area contributed by atoms with Crippen molar-refractivity contribution >= 4 is 37.5 Å². The normalized spacial score (nSPS) is 17.6. The van der Waals surface area contributed by atoms with Gasteiger partial charge in [0.2, 0.25) is 0 Å². The second-order valence-corrected chi connectivity index (χ2v) is 7.16. The molecular formula is C17H17Br2NO. The molecule has 0 bridgehead atoms. The molecule has 0 spiro atoms. The van der Waals surface area contributed by atoms with Crippen LogP contribution in [0.5, 0.6) is 5.75 Å². The van der Waals surface area contributed by atoms with Crippen molar-refractivity contribution in [2.75, 3.05) is 11.9 Å². The molecule has 0 aliphatic carbocycles. The molecule has 0 saturated carbocycles. The lowest BCUT2D eigenvalue weighted by Crippen LogP contribution is -2.11. The van der Waals surface area contributed by atoms with E-state index < -0.39 is 0 Å². The van der Waals surface area contributed by atoms with Crippen LogP contribution in [0.1, 0.15) is 30.0 Å². The van der Waals surface area contributed by atoms with Crippen LogP contribution in [0.4, 0.5) is 5.69 Å². The van der Waals surface area contributed by atoms with Crippen LogP contribution < -0.4 is 10.1 Å². The van der Waals surface area contributed by atoms with Crippen molar-refractivity contribution in [1.82, 2.24) is 0 Å². The highest BCUT2D eigenvalue weighted by Gasteiger charge is 2.20. The van der Waals surface area contributed by atoms with Gasteiger partial charge >= 0.3 is 0 Å². The molecule has 1 unspecified atom stereocenters. The average Bonchev–Trinajstić information content (AvgIpc) is 2.65. The zero-order valence-electron chi connectivity index (χ0n) is 11.8. The molecule has 2 nitrogen and oxygen atoms in total. The van der Waals surface area contributed by atoms with E-state index in [1.807, 2.05) is 0 Å². The third kappa shape index (κ3) is 3.43. The molecule has 0 radical (unpaired) electrons. The number of ether oxygens (including phenoxy) is 1. The molecular weight excluding hydrogens is 394 g/mol. The first-order valence-corrected chi connectivity index (χ1v) is 8.67. The molecule has 110 valence electrons. The number of fused-ring (bicyclic) bond motifs is 1. The Hall–Kier alpha value is -1.000. The van der Waals surface area contributed by atoms with Crippen LogP contribution in [0.15, 0.2) is 45.3 Å². The Morgan fingerprint density at radius 1 is 1.10 bits per heavy atom. The Morgan fingerprint density at radius 3 is 2.71 bits per heavy atom. The lowest BCUT2D eigenvalue weighted by Gasteiger charge is -2.21. The zero-order chi connectivity index (χ0) is 14.8. The van der Waals surface area contributed by atoms with Crippen LogP contribution in [0, 0.1) is 6.92 Å². The molecule has 2 aromatic rings. The number of hydrogen-bond donors (Lipinski definition) is 1. The predicted octanol–water partition coefficient (Wildman–Crippen LogP) is 5.85. The Labute approximate surface area is 142 Å². The third-order valence-corrected chi connectivity index (χ3v) is 4.76. The van der Waals surface area contributed by atoms with Crippen LogP contribution in [0.25, 0.3) is 0 Å². The number of nitrogens with one attached hydrogen (secondary N) is 1. The van der Waals surface area contributed by atoms with Gasteiger partial charge in [0.1, 0.15) is 5.75 Å². The standard InChI is InChI=1S/C17H17Br2NO/c1-11-4-5-12(18)9-16(11)20-15-3-2-8-21-17-10-13(19)6-7-14(15)17/h4-7,9-10,15,20H,2-3,8H2,1H3. The topological polar surface area (TPSA) is 21.3 Å². The maximum Gasteiger partial charge on any atom is 0.125 e. The quantitative estimate of drug-likeness (QED) is 0.670. The van der Waals surface area contributed by atoms with E-state index in [9.17, 15) is 0 Å². The minimum absolute atomic E-state index is 0.281. The van der Waals surface area contributed by atoms with Gasteiger partial charge in [-0.15, -0.1) is 0 Å². The van der Waals surface area contributed by atoms with Crippen LogP contribution >= 0.6 is 31.9 Å². The van der Waals surface area contributed by atoms with Crippen molar-refractivity contribution in [3.8, 4) is 5.75 Å². The summed E-state index contributed by atoms with van der Waals surface area (Å²) in [5.41, 5.74) is 3.65. The summed E-state index contributed by atoms with van der Waals surface area (Å²) in [6.45, 7) is 2.91. The summed E-state index contributed by atoms with van der Waals surface area (Å²) in [6.07, 6.45) is 2.12. The van der Waals surface area contributed by atoms with Crippen LogP contribution in [0.3, 0.4) is 0 Å². The van der Waals surface area contributed by atoms with Crippen molar-refractivity contribution in [2.45, 2.75) is 25.8 Å². The van der Waals surface area contributed by atoms with E-state index in [-0.39, 0.29) is 6.04 Å².